The van der Waals surface area contributed by atoms with Crippen LogP contribution >= 0.6 is 0 Å². The normalized spacial score (nSPS) is 13.4. The van der Waals surface area contributed by atoms with Crippen molar-refractivity contribution >= 4 is 34.8 Å². The Labute approximate surface area is 201 Å². The molecule has 9 heteroatoms. The van der Waals surface area contributed by atoms with Gasteiger partial charge in [0, 0.05) is 23.2 Å². The molecule has 178 valence electrons. The summed E-state index contributed by atoms with van der Waals surface area (Å²) in [6.07, 6.45) is 0.411. The van der Waals surface area contributed by atoms with Crippen LogP contribution in [0.1, 0.15) is 40.4 Å². The summed E-state index contributed by atoms with van der Waals surface area (Å²) in [6.45, 7) is 1.70. The summed E-state index contributed by atoms with van der Waals surface area (Å²) in [7, 11) is 0. The van der Waals surface area contributed by atoms with Gasteiger partial charge in [0.2, 0.25) is 12.0 Å². The molecule has 9 nitrogen and oxygen atoms in total. The van der Waals surface area contributed by atoms with E-state index in [9.17, 15) is 24.5 Å². The second-order valence-corrected chi connectivity index (χ2v) is 8.30. The predicted octanol–water partition coefficient (Wildman–Crippen LogP) is 4.79. The standard InChI is InChI=1S/C26H23N3O6/c1-16-7-14-21(22(15-16)29(33)34)28-25(31)23(17-5-3-2-4-6-17)35-26(32)19-10-12-20(13-11-19)27-24(30)18-8-9-18/h2-7,10-15,18,23H,8-9H2,1H3,(H,27,30)(H,28,31). The van der Waals surface area contributed by atoms with Crippen molar-refractivity contribution < 1.29 is 24.0 Å². The number of nitrogens with zero attached hydrogens (tertiary/aromatic N) is 1. The van der Waals surface area contributed by atoms with Crippen molar-refractivity contribution in [3.05, 3.63) is 99.6 Å². The molecule has 4 rings (SSSR count). The molecule has 1 saturated carbocycles. The van der Waals surface area contributed by atoms with Gasteiger partial charge in [0.05, 0.1) is 10.5 Å². The Morgan fingerprint density at radius 1 is 0.971 bits per heavy atom. The van der Waals surface area contributed by atoms with Gasteiger partial charge >= 0.3 is 5.97 Å². The number of rotatable bonds is 8. The predicted molar refractivity (Wildman–Crippen MR) is 129 cm³/mol. The Balaban J connectivity index is 1.52. The number of nitro groups is 1. The molecule has 3 aromatic rings. The van der Waals surface area contributed by atoms with Gasteiger partial charge < -0.3 is 15.4 Å². The number of esters is 1. The molecule has 1 aliphatic carbocycles. The molecule has 1 atom stereocenters. The highest BCUT2D eigenvalue weighted by Gasteiger charge is 2.30. The van der Waals surface area contributed by atoms with Crippen LogP contribution in [0.4, 0.5) is 17.1 Å². The highest BCUT2D eigenvalue weighted by atomic mass is 16.6. The van der Waals surface area contributed by atoms with Crippen molar-refractivity contribution in [2.45, 2.75) is 25.9 Å². The van der Waals surface area contributed by atoms with Gasteiger partial charge in [-0.2, -0.15) is 0 Å². The molecule has 1 unspecified atom stereocenters. The molecule has 0 heterocycles. The number of hydrogen-bond donors (Lipinski definition) is 2. The molecule has 3 aromatic carbocycles. The molecule has 0 spiro atoms. The van der Waals surface area contributed by atoms with Crippen LogP contribution in [0, 0.1) is 23.0 Å². The van der Waals surface area contributed by atoms with Gasteiger partial charge in [-0.1, -0.05) is 36.4 Å². The van der Waals surface area contributed by atoms with E-state index in [4.69, 9.17) is 4.74 Å². The quantitative estimate of drug-likeness (QED) is 0.275. The lowest BCUT2D eigenvalue weighted by molar-refractivity contribution is -0.384. The van der Waals surface area contributed by atoms with Crippen molar-refractivity contribution in [1.82, 2.24) is 0 Å². The van der Waals surface area contributed by atoms with E-state index < -0.39 is 22.9 Å². The number of ether oxygens (including phenoxy) is 1. The van der Waals surface area contributed by atoms with E-state index in [1.54, 1.807) is 55.5 Å². The van der Waals surface area contributed by atoms with Crippen LogP contribution in [0.5, 0.6) is 0 Å². The van der Waals surface area contributed by atoms with Crippen molar-refractivity contribution in [2.75, 3.05) is 10.6 Å². The van der Waals surface area contributed by atoms with Gasteiger partial charge in [0.15, 0.2) is 0 Å². The molecule has 0 radical (unpaired) electrons. The van der Waals surface area contributed by atoms with Crippen molar-refractivity contribution in [3.8, 4) is 0 Å². The van der Waals surface area contributed by atoms with E-state index in [0.717, 1.165) is 12.8 Å². The second kappa shape index (κ2) is 10.2. The van der Waals surface area contributed by atoms with Crippen LogP contribution in [-0.4, -0.2) is 22.7 Å². The highest BCUT2D eigenvalue weighted by Crippen LogP contribution is 2.30. The van der Waals surface area contributed by atoms with E-state index in [-0.39, 0.29) is 28.8 Å². The van der Waals surface area contributed by atoms with Crippen LogP contribution in [0.3, 0.4) is 0 Å². The molecule has 0 aromatic heterocycles. The zero-order valence-corrected chi connectivity index (χ0v) is 18.9. The lowest BCUT2D eigenvalue weighted by atomic mass is 10.1. The van der Waals surface area contributed by atoms with Gasteiger partial charge in [-0.05, 0) is 55.7 Å². The molecule has 1 aliphatic rings. The first kappa shape index (κ1) is 23.6. The smallest absolute Gasteiger partial charge is 0.339 e. The number of aryl methyl sites for hydroxylation is 1. The monoisotopic (exact) mass is 473 g/mol. The first-order valence-corrected chi connectivity index (χ1v) is 11.0. The second-order valence-electron chi connectivity index (χ2n) is 8.30. The van der Waals surface area contributed by atoms with Crippen LogP contribution in [0.2, 0.25) is 0 Å². The number of carbonyl (C=O) groups excluding carboxylic acids is 3. The maximum Gasteiger partial charge on any atom is 0.339 e. The summed E-state index contributed by atoms with van der Waals surface area (Å²) in [5.41, 5.74) is 1.55. The molecule has 0 bridgehead atoms. The molecule has 2 amide bonds. The van der Waals surface area contributed by atoms with E-state index >= 15 is 0 Å². The molecule has 1 fully saturated rings. The number of carbonyl (C=O) groups is 3. The average molecular weight is 473 g/mol. The topological polar surface area (TPSA) is 128 Å². The number of anilines is 2. The Kier molecular flexibility index (Phi) is 6.86. The fraction of sp³-hybridized carbons (Fsp3) is 0.192. The summed E-state index contributed by atoms with van der Waals surface area (Å²) in [6, 6.07) is 19.0. The summed E-state index contributed by atoms with van der Waals surface area (Å²) < 4.78 is 5.54. The molecular weight excluding hydrogens is 450 g/mol. The summed E-state index contributed by atoms with van der Waals surface area (Å²) in [5, 5.41) is 16.7. The van der Waals surface area contributed by atoms with E-state index in [0.29, 0.717) is 16.8 Å². The fourth-order valence-electron chi connectivity index (χ4n) is 3.45. The zero-order chi connectivity index (χ0) is 24.9. The minimum Gasteiger partial charge on any atom is -0.444 e. The minimum atomic E-state index is -1.35. The van der Waals surface area contributed by atoms with Crippen LogP contribution in [0.25, 0.3) is 0 Å². The van der Waals surface area contributed by atoms with Gasteiger partial charge in [0.25, 0.3) is 11.6 Å². The largest absolute Gasteiger partial charge is 0.444 e. The highest BCUT2D eigenvalue weighted by molar-refractivity contribution is 6.00. The first-order valence-electron chi connectivity index (χ1n) is 11.0. The minimum absolute atomic E-state index is 0.00154. The third-order valence-corrected chi connectivity index (χ3v) is 5.51. The average Bonchev–Trinajstić information content (AvgIpc) is 3.70. The van der Waals surface area contributed by atoms with Crippen LogP contribution in [-0.2, 0) is 14.3 Å². The number of hydrogen-bond acceptors (Lipinski definition) is 6. The Morgan fingerprint density at radius 3 is 2.29 bits per heavy atom. The molecular formula is C26H23N3O6. The SMILES string of the molecule is Cc1ccc(NC(=O)C(OC(=O)c2ccc(NC(=O)C3CC3)cc2)c2ccccc2)c([N+](=O)[O-])c1. The lowest BCUT2D eigenvalue weighted by Gasteiger charge is -2.18. The maximum atomic E-state index is 13.1. The third-order valence-electron chi connectivity index (χ3n) is 5.51. The van der Waals surface area contributed by atoms with E-state index in [2.05, 4.69) is 10.6 Å². The first-order chi connectivity index (χ1) is 16.8. The fourth-order valence-corrected chi connectivity index (χ4v) is 3.45. The summed E-state index contributed by atoms with van der Waals surface area (Å²) in [5.74, 6) is -1.49. The molecule has 0 aliphatic heterocycles. The van der Waals surface area contributed by atoms with Gasteiger partial charge in [-0.3, -0.25) is 19.7 Å². The molecule has 35 heavy (non-hydrogen) atoms. The van der Waals surface area contributed by atoms with Crippen LogP contribution < -0.4 is 10.6 Å². The molecule has 0 saturated heterocycles. The van der Waals surface area contributed by atoms with E-state index in [1.807, 2.05) is 0 Å². The van der Waals surface area contributed by atoms with Crippen LogP contribution in [0.15, 0.2) is 72.8 Å². The van der Waals surface area contributed by atoms with Gasteiger partial charge in [-0.25, -0.2) is 4.79 Å². The number of benzene rings is 3. The number of nitro benzene ring substituents is 1. The third kappa shape index (κ3) is 5.89. The van der Waals surface area contributed by atoms with Gasteiger partial charge in [-0.15, -0.1) is 0 Å². The summed E-state index contributed by atoms with van der Waals surface area (Å²) >= 11 is 0. The van der Waals surface area contributed by atoms with Crippen molar-refractivity contribution in [3.63, 3.8) is 0 Å². The maximum absolute atomic E-state index is 13.1. The van der Waals surface area contributed by atoms with Gasteiger partial charge in [0.1, 0.15) is 5.69 Å². The number of nitrogens with one attached hydrogen (secondary N) is 2. The number of amides is 2. The van der Waals surface area contributed by atoms with Crippen molar-refractivity contribution in [1.29, 1.82) is 0 Å². The Morgan fingerprint density at radius 2 is 1.66 bits per heavy atom. The summed E-state index contributed by atoms with van der Waals surface area (Å²) in [4.78, 5) is 48.7. The van der Waals surface area contributed by atoms with E-state index in [1.165, 1.54) is 24.3 Å². The van der Waals surface area contributed by atoms with Crippen molar-refractivity contribution in [2.24, 2.45) is 5.92 Å². The molecule has 2 N–H and O–H groups in total. The Bertz CT molecular complexity index is 1270. The zero-order valence-electron chi connectivity index (χ0n) is 18.9. The lowest BCUT2D eigenvalue weighted by Crippen LogP contribution is -2.26. The Hall–Kier alpha value is -4.53.